The molecule has 1 aliphatic carbocycles. The number of rotatable bonds is 4. The van der Waals surface area contributed by atoms with E-state index in [0.717, 1.165) is 12.8 Å². The van der Waals surface area contributed by atoms with Gasteiger partial charge in [0, 0.05) is 24.8 Å². The van der Waals surface area contributed by atoms with Crippen LogP contribution in [0, 0.1) is 5.92 Å². The molecule has 0 atom stereocenters. The van der Waals surface area contributed by atoms with E-state index in [-0.39, 0.29) is 30.2 Å². The number of benzene rings is 1. The van der Waals surface area contributed by atoms with E-state index in [2.05, 4.69) is 5.32 Å². The van der Waals surface area contributed by atoms with Crippen LogP contribution in [0.3, 0.4) is 0 Å². The number of anilines is 1. The van der Waals surface area contributed by atoms with E-state index < -0.39 is 10.0 Å². The van der Waals surface area contributed by atoms with Crippen LogP contribution in [-0.2, 0) is 14.8 Å². The fourth-order valence-corrected chi connectivity index (χ4v) is 4.68. The molecule has 1 aromatic rings. The van der Waals surface area contributed by atoms with Crippen LogP contribution in [-0.4, -0.2) is 50.2 Å². The predicted octanol–water partition coefficient (Wildman–Crippen LogP) is 0.820. The van der Waals surface area contributed by atoms with Gasteiger partial charge in [0.2, 0.25) is 15.9 Å². The Morgan fingerprint density at radius 2 is 1.83 bits per heavy atom. The molecule has 1 saturated carbocycles. The van der Waals surface area contributed by atoms with Crippen LogP contribution < -0.4 is 14.8 Å². The third kappa shape index (κ3) is 2.76. The summed E-state index contributed by atoms with van der Waals surface area (Å²) >= 11 is 0. The van der Waals surface area contributed by atoms with Gasteiger partial charge in [0.05, 0.1) is 11.2 Å². The van der Waals surface area contributed by atoms with E-state index in [9.17, 15) is 13.2 Å². The molecule has 0 unspecified atom stereocenters. The van der Waals surface area contributed by atoms with Crippen molar-refractivity contribution in [3.05, 3.63) is 18.2 Å². The van der Waals surface area contributed by atoms with Crippen molar-refractivity contribution in [2.45, 2.75) is 18.1 Å². The van der Waals surface area contributed by atoms with Crippen molar-refractivity contribution in [2.75, 3.05) is 31.6 Å². The highest BCUT2D eigenvalue weighted by Gasteiger charge is 2.46. The fraction of sp³-hybridized carbons (Fsp3) is 0.533. The van der Waals surface area contributed by atoms with Gasteiger partial charge in [-0.15, -0.1) is 0 Å². The Balaban J connectivity index is 1.36. The monoisotopic (exact) mass is 338 g/mol. The highest BCUT2D eigenvalue weighted by atomic mass is 32.2. The van der Waals surface area contributed by atoms with Crippen LogP contribution >= 0.6 is 0 Å². The molecule has 1 amide bonds. The number of amides is 1. The van der Waals surface area contributed by atoms with Crippen LogP contribution in [0.5, 0.6) is 11.5 Å². The second-order valence-electron chi connectivity index (χ2n) is 6.11. The molecule has 1 N–H and O–H groups in total. The van der Waals surface area contributed by atoms with Crippen molar-refractivity contribution in [1.29, 1.82) is 0 Å². The first kappa shape index (κ1) is 14.8. The van der Waals surface area contributed by atoms with Crippen molar-refractivity contribution in [3.8, 4) is 11.5 Å². The third-order valence-electron chi connectivity index (χ3n) is 4.33. The predicted molar refractivity (Wildman–Crippen MR) is 83.1 cm³/mol. The Morgan fingerprint density at radius 1 is 1.13 bits per heavy atom. The zero-order valence-electron chi connectivity index (χ0n) is 12.5. The van der Waals surface area contributed by atoms with E-state index in [1.165, 1.54) is 4.31 Å². The molecule has 8 heteroatoms. The first-order chi connectivity index (χ1) is 11.0. The standard InChI is InChI=1S/C15H18N2O5S/c18-15(10-8-17(9-10)23(19,20)12-2-3-12)16-11-1-4-13-14(7-11)22-6-5-21-13/h1,4,7,10,12H,2-3,5-6,8-9H2,(H,16,18). The SMILES string of the molecule is O=C(Nc1ccc2c(c1)OCCO2)C1CN(S(=O)(=O)C2CC2)C1. The van der Waals surface area contributed by atoms with Crippen molar-refractivity contribution in [2.24, 2.45) is 5.92 Å². The number of sulfonamides is 1. The molecule has 3 aliphatic rings. The van der Waals surface area contributed by atoms with Gasteiger partial charge in [-0.05, 0) is 25.0 Å². The molecule has 4 rings (SSSR count). The first-order valence-corrected chi connectivity index (χ1v) is 9.24. The Morgan fingerprint density at radius 3 is 2.52 bits per heavy atom. The average molecular weight is 338 g/mol. The molecule has 0 spiro atoms. The fourth-order valence-electron chi connectivity index (χ4n) is 2.75. The van der Waals surface area contributed by atoms with Crippen LogP contribution in [0.25, 0.3) is 0 Å². The zero-order chi connectivity index (χ0) is 16.0. The van der Waals surface area contributed by atoms with Crippen LogP contribution in [0.4, 0.5) is 5.69 Å². The number of ether oxygens (including phenoxy) is 2. The van der Waals surface area contributed by atoms with Crippen LogP contribution in [0.2, 0.25) is 0 Å². The number of hydrogen-bond acceptors (Lipinski definition) is 5. The third-order valence-corrected chi connectivity index (χ3v) is 6.67. The maximum absolute atomic E-state index is 12.2. The largest absolute Gasteiger partial charge is 0.486 e. The maximum Gasteiger partial charge on any atom is 0.230 e. The lowest BCUT2D eigenvalue weighted by Crippen LogP contribution is -2.55. The first-order valence-electron chi connectivity index (χ1n) is 7.73. The summed E-state index contributed by atoms with van der Waals surface area (Å²) < 4.78 is 36.4. The summed E-state index contributed by atoms with van der Waals surface area (Å²) in [6.45, 7) is 1.55. The normalized spacial score (nSPS) is 21.6. The summed E-state index contributed by atoms with van der Waals surface area (Å²) in [5.74, 6) is 0.820. The average Bonchev–Trinajstić information content (AvgIpc) is 3.30. The minimum absolute atomic E-state index is 0.163. The summed E-state index contributed by atoms with van der Waals surface area (Å²) in [6, 6.07) is 5.24. The van der Waals surface area contributed by atoms with E-state index in [1.807, 2.05) is 0 Å². The van der Waals surface area contributed by atoms with Crippen LogP contribution in [0.15, 0.2) is 18.2 Å². The summed E-state index contributed by atoms with van der Waals surface area (Å²) in [7, 11) is -3.16. The smallest absolute Gasteiger partial charge is 0.230 e. The zero-order valence-corrected chi connectivity index (χ0v) is 13.3. The minimum Gasteiger partial charge on any atom is -0.486 e. The Kier molecular flexibility index (Phi) is 3.46. The molecule has 0 radical (unpaired) electrons. The summed E-state index contributed by atoms with van der Waals surface area (Å²) in [5, 5.41) is 2.60. The van der Waals surface area contributed by atoms with Crippen molar-refractivity contribution >= 4 is 21.6 Å². The molecule has 2 fully saturated rings. The van der Waals surface area contributed by atoms with Gasteiger partial charge >= 0.3 is 0 Å². The van der Waals surface area contributed by atoms with Gasteiger partial charge in [-0.25, -0.2) is 8.42 Å². The van der Waals surface area contributed by atoms with Gasteiger partial charge in [0.15, 0.2) is 11.5 Å². The lowest BCUT2D eigenvalue weighted by atomic mass is 10.0. The molecule has 0 bridgehead atoms. The van der Waals surface area contributed by atoms with Crippen molar-refractivity contribution in [1.82, 2.24) is 4.31 Å². The maximum atomic E-state index is 12.2. The molecule has 23 heavy (non-hydrogen) atoms. The summed E-state index contributed by atoms with van der Waals surface area (Å²) in [4.78, 5) is 12.2. The molecular formula is C15H18N2O5S. The van der Waals surface area contributed by atoms with Gasteiger partial charge in [-0.1, -0.05) is 0 Å². The van der Waals surface area contributed by atoms with Crippen molar-refractivity contribution < 1.29 is 22.7 Å². The van der Waals surface area contributed by atoms with E-state index in [1.54, 1.807) is 18.2 Å². The second kappa shape index (κ2) is 5.38. The highest BCUT2D eigenvalue weighted by molar-refractivity contribution is 7.90. The number of hydrogen-bond donors (Lipinski definition) is 1. The molecule has 2 heterocycles. The Bertz CT molecular complexity index is 738. The van der Waals surface area contributed by atoms with Gasteiger partial charge < -0.3 is 14.8 Å². The lowest BCUT2D eigenvalue weighted by molar-refractivity contribution is -0.122. The molecule has 7 nitrogen and oxygen atoms in total. The van der Waals surface area contributed by atoms with Gasteiger partial charge in [0.25, 0.3) is 0 Å². The van der Waals surface area contributed by atoms with Gasteiger partial charge in [0.1, 0.15) is 13.2 Å². The Labute approximate surface area is 134 Å². The number of nitrogens with one attached hydrogen (secondary N) is 1. The molecule has 1 aromatic carbocycles. The molecule has 1 saturated heterocycles. The van der Waals surface area contributed by atoms with E-state index >= 15 is 0 Å². The number of carbonyl (C=O) groups excluding carboxylic acids is 1. The molecule has 0 aromatic heterocycles. The second-order valence-corrected chi connectivity index (χ2v) is 8.32. The van der Waals surface area contributed by atoms with E-state index in [4.69, 9.17) is 9.47 Å². The minimum atomic E-state index is -3.16. The topological polar surface area (TPSA) is 84.9 Å². The number of fused-ring (bicyclic) bond motifs is 1. The summed E-state index contributed by atoms with van der Waals surface area (Å²) in [6.07, 6.45) is 1.49. The summed E-state index contributed by atoms with van der Waals surface area (Å²) in [5.41, 5.74) is 0.628. The lowest BCUT2D eigenvalue weighted by Gasteiger charge is -2.37. The van der Waals surface area contributed by atoms with Crippen molar-refractivity contribution in [3.63, 3.8) is 0 Å². The Hall–Kier alpha value is -1.80. The number of carbonyl (C=O) groups is 1. The molecule has 124 valence electrons. The van der Waals surface area contributed by atoms with Gasteiger partial charge in [-0.2, -0.15) is 4.31 Å². The molecule has 2 aliphatic heterocycles. The van der Waals surface area contributed by atoms with E-state index in [0.29, 0.717) is 30.4 Å². The van der Waals surface area contributed by atoms with Gasteiger partial charge in [-0.3, -0.25) is 4.79 Å². The van der Waals surface area contributed by atoms with Crippen LogP contribution in [0.1, 0.15) is 12.8 Å². The highest BCUT2D eigenvalue weighted by Crippen LogP contribution is 2.35. The number of nitrogens with zero attached hydrogens (tertiary/aromatic N) is 1. The quantitative estimate of drug-likeness (QED) is 0.879. The molecular weight excluding hydrogens is 320 g/mol.